The summed E-state index contributed by atoms with van der Waals surface area (Å²) in [6, 6.07) is 4.31. The summed E-state index contributed by atoms with van der Waals surface area (Å²) in [4.78, 5) is 54.0. The van der Waals surface area contributed by atoms with Crippen LogP contribution < -0.4 is 20.7 Å². The van der Waals surface area contributed by atoms with Crippen LogP contribution >= 0.6 is 0 Å². The number of ether oxygens (including phenoxy) is 1. The zero-order valence-electron chi connectivity index (χ0n) is 21.5. The van der Waals surface area contributed by atoms with Gasteiger partial charge in [-0.3, -0.25) is 19.2 Å². The van der Waals surface area contributed by atoms with Crippen molar-refractivity contribution < 1.29 is 29.0 Å². The van der Waals surface area contributed by atoms with Gasteiger partial charge < -0.3 is 30.7 Å². The third-order valence-corrected chi connectivity index (χ3v) is 6.23. The molecular formula is C26H38N4O6. The van der Waals surface area contributed by atoms with Gasteiger partial charge in [-0.05, 0) is 36.8 Å². The molecule has 1 aromatic rings. The van der Waals surface area contributed by atoms with Gasteiger partial charge >= 0.3 is 0 Å². The van der Waals surface area contributed by atoms with Gasteiger partial charge in [0.25, 0.3) is 5.91 Å². The van der Waals surface area contributed by atoms with Crippen molar-refractivity contribution in [2.24, 2.45) is 11.8 Å². The van der Waals surface area contributed by atoms with E-state index in [0.29, 0.717) is 18.6 Å². The number of benzene rings is 1. The van der Waals surface area contributed by atoms with Crippen LogP contribution in [0.5, 0.6) is 5.75 Å². The smallest absolute Gasteiger partial charge is 0.255 e. The summed E-state index contributed by atoms with van der Waals surface area (Å²) >= 11 is 0. The maximum Gasteiger partial charge on any atom is 0.255 e. The SMILES string of the molecule is CC(C)C[C@H]1COc2ccccc2C(=O)N[C@@H](CC(=O)N2CC(O)C2)C(=O)N[C@H](CC(C)C)C(=O)N1. The highest BCUT2D eigenvalue weighted by Gasteiger charge is 2.35. The first kappa shape index (κ1) is 27.4. The number of hydrogen-bond donors (Lipinski definition) is 4. The largest absolute Gasteiger partial charge is 0.491 e. The van der Waals surface area contributed by atoms with Gasteiger partial charge in [-0.15, -0.1) is 0 Å². The van der Waals surface area contributed by atoms with Crippen LogP contribution in [0.1, 0.15) is 57.3 Å². The lowest BCUT2D eigenvalue weighted by Gasteiger charge is -2.36. The van der Waals surface area contributed by atoms with E-state index in [1.807, 2.05) is 27.7 Å². The number of aliphatic hydroxyl groups is 1. The zero-order valence-corrected chi connectivity index (χ0v) is 21.5. The summed E-state index contributed by atoms with van der Waals surface area (Å²) in [5, 5.41) is 18.0. The van der Waals surface area contributed by atoms with Gasteiger partial charge in [-0.25, -0.2) is 0 Å². The van der Waals surface area contributed by atoms with E-state index in [1.165, 1.54) is 4.90 Å². The molecule has 2 heterocycles. The summed E-state index contributed by atoms with van der Waals surface area (Å²) < 4.78 is 5.99. The molecule has 4 N–H and O–H groups in total. The minimum atomic E-state index is -1.20. The molecule has 198 valence electrons. The molecule has 3 rings (SSSR count). The molecule has 0 radical (unpaired) electrons. The highest BCUT2D eigenvalue weighted by atomic mass is 16.5. The first-order chi connectivity index (χ1) is 17.0. The van der Waals surface area contributed by atoms with E-state index in [4.69, 9.17) is 4.74 Å². The number of β-amino-alcohol motifs (C(OH)–C–C–N with tert-alkyl or cyclic N) is 1. The number of carbonyl (C=O) groups excluding carboxylic acids is 4. The molecule has 0 saturated carbocycles. The summed E-state index contributed by atoms with van der Waals surface area (Å²) in [6.45, 7) is 8.52. The lowest BCUT2D eigenvalue weighted by atomic mass is 10.00. The maximum atomic E-state index is 13.3. The van der Waals surface area contributed by atoms with Crippen molar-refractivity contribution in [1.82, 2.24) is 20.9 Å². The second-order valence-corrected chi connectivity index (χ2v) is 10.5. The summed E-state index contributed by atoms with van der Waals surface area (Å²) in [7, 11) is 0. The molecule has 2 aliphatic rings. The van der Waals surface area contributed by atoms with Crippen molar-refractivity contribution in [2.75, 3.05) is 19.7 Å². The average Bonchev–Trinajstić information content (AvgIpc) is 2.78. The number of likely N-dealkylation sites (tertiary alicyclic amines) is 1. The van der Waals surface area contributed by atoms with E-state index < -0.39 is 30.0 Å². The molecular weight excluding hydrogens is 464 g/mol. The van der Waals surface area contributed by atoms with Crippen LogP contribution in [0.4, 0.5) is 0 Å². The van der Waals surface area contributed by atoms with Crippen LogP contribution in [0.3, 0.4) is 0 Å². The highest BCUT2D eigenvalue weighted by Crippen LogP contribution is 2.20. The van der Waals surface area contributed by atoms with Crippen LogP contribution in [-0.2, 0) is 14.4 Å². The standard InChI is InChI=1S/C26H38N4O6/c1-15(2)9-17-14-36-22-8-6-5-7-19(22)24(33)28-21(11-23(32)30-12-18(31)13-30)26(35)29-20(10-16(3)4)25(34)27-17/h5-8,15-18,20-21,31H,9-14H2,1-4H3,(H,27,34)(H,28,33)(H,29,35)/t17-,20+,21-/m0/s1. The Morgan fingerprint density at radius 1 is 0.972 bits per heavy atom. The molecule has 0 bridgehead atoms. The first-order valence-electron chi connectivity index (χ1n) is 12.6. The van der Waals surface area contributed by atoms with Crippen molar-refractivity contribution in [3.63, 3.8) is 0 Å². The quantitative estimate of drug-likeness (QED) is 0.455. The van der Waals surface area contributed by atoms with Gasteiger partial charge in [-0.2, -0.15) is 0 Å². The van der Waals surface area contributed by atoms with E-state index in [9.17, 15) is 24.3 Å². The molecule has 10 heteroatoms. The van der Waals surface area contributed by atoms with Crippen LogP contribution in [0.25, 0.3) is 0 Å². The minimum absolute atomic E-state index is 0.109. The molecule has 10 nitrogen and oxygen atoms in total. The third kappa shape index (κ3) is 7.43. The average molecular weight is 503 g/mol. The molecule has 0 aliphatic carbocycles. The van der Waals surface area contributed by atoms with Crippen molar-refractivity contribution in [3.05, 3.63) is 29.8 Å². The number of nitrogens with zero attached hydrogens (tertiary/aromatic N) is 1. The Balaban J connectivity index is 1.92. The Labute approximate surface area is 212 Å². The van der Waals surface area contributed by atoms with Crippen LogP contribution in [0.2, 0.25) is 0 Å². The van der Waals surface area contributed by atoms with Crippen LogP contribution in [0, 0.1) is 11.8 Å². The van der Waals surface area contributed by atoms with E-state index in [1.54, 1.807) is 24.3 Å². The van der Waals surface area contributed by atoms with Gasteiger partial charge in [0.05, 0.1) is 24.1 Å². The molecule has 1 saturated heterocycles. The lowest BCUT2D eigenvalue weighted by Crippen LogP contribution is -2.58. The monoisotopic (exact) mass is 502 g/mol. The highest BCUT2D eigenvalue weighted by molar-refractivity contribution is 6.01. The van der Waals surface area contributed by atoms with Gasteiger partial charge in [0.1, 0.15) is 24.4 Å². The second-order valence-electron chi connectivity index (χ2n) is 10.5. The van der Waals surface area contributed by atoms with Crippen molar-refractivity contribution >= 4 is 23.6 Å². The van der Waals surface area contributed by atoms with Gasteiger partial charge in [0.2, 0.25) is 17.7 Å². The first-order valence-corrected chi connectivity index (χ1v) is 12.6. The van der Waals surface area contributed by atoms with Crippen molar-refractivity contribution in [3.8, 4) is 5.75 Å². The van der Waals surface area contributed by atoms with Crippen LogP contribution in [0.15, 0.2) is 24.3 Å². The van der Waals surface area contributed by atoms with E-state index in [2.05, 4.69) is 16.0 Å². The lowest BCUT2D eigenvalue weighted by molar-refractivity contribution is -0.143. The number of amides is 4. The Kier molecular flexibility index (Phi) is 9.31. The topological polar surface area (TPSA) is 137 Å². The fraction of sp³-hybridized carbons (Fsp3) is 0.615. The number of aliphatic hydroxyl groups excluding tert-OH is 1. The molecule has 0 spiro atoms. The van der Waals surface area contributed by atoms with Gasteiger partial charge in [0, 0.05) is 13.1 Å². The van der Waals surface area contributed by atoms with Crippen LogP contribution in [-0.4, -0.2) is 77.6 Å². The van der Waals surface area contributed by atoms with Crippen molar-refractivity contribution in [1.29, 1.82) is 0 Å². The number of carbonyl (C=O) groups is 4. The normalized spacial score (nSPS) is 23.8. The Morgan fingerprint density at radius 2 is 1.61 bits per heavy atom. The summed E-state index contributed by atoms with van der Waals surface area (Å²) in [5.74, 6) is -1.15. The van der Waals surface area contributed by atoms with Crippen molar-refractivity contribution in [2.45, 2.75) is 71.2 Å². The Bertz CT molecular complexity index is 960. The summed E-state index contributed by atoms with van der Waals surface area (Å²) in [6.07, 6.45) is 0.167. The Morgan fingerprint density at radius 3 is 2.25 bits per heavy atom. The molecule has 2 aliphatic heterocycles. The number of para-hydroxylation sites is 1. The third-order valence-electron chi connectivity index (χ3n) is 6.23. The fourth-order valence-corrected chi connectivity index (χ4v) is 4.39. The van der Waals surface area contributed by atoms with Gasteiger partial charge in [0.15, 0.2) is 0 Å². The summed E-state index contributed by atoms with van der Waals surface area (Å²) in [5.41, 5.74) is 0.231. The molecule has 1 fully saturated rings. The molecule has 0 aromatic heterocycles. The number of fused-ring (bicyclic) bond motifs is 1. The second kappa shape index (κ2) is 12.2. The molecule has 36 heavy (non-hydrogen) atoms. The van der Waals surface area contributed by atoms with Gasteiger partial charge in [-0.1, -0.05) is 39.8 Å². The Hall–Kier alpha value is -3.14. The van der Waals surface area contributed by atoms with E-state index in [0.717, 1.165) is 0 Å². The predicted octanol–water partition coefficient (Wildman–Crippen LogP) is 0.832. The number of nitrogens with one attached hydrogen (secondary N) is 3. The fourth-order valence-electron chi connectivity index (χ4n) is 4.39. The number of hydrogen-bond acceptors (Lipinski definition) is 6. The molecule has 4 amide bonds. The minimum Gasteiger partial charge on any atom is -0.491 e. The van der Waals surface area contributed by atoms with E-state index in [-0.39, 0.29) is 61.4 Å². The molecule has 0 unspecified atom stereocenters. The zero-order chi connectivity index (χ0) is 26.4. The number of rotatable bonds is 6. The maximum absolute atomic E-state index is 13.3. The molecule has 1 aromatic carbocycles. The van der Waals surface area contributed by atoms with E-state index >= 15 is 0 Å². The molecule has 3 atom stereocenters. The predicted molar refractivity (Wildman–Crippen MR) is 133 cm³/mol.